The summed E-state index contributed by atoms with van der Waals surface area (Å²) in [6.45, 7) is 11.4. The third-order valence-corrected chi connectivity index (χ3v) is 6.01. The molecule has 0 aliphatic carbocycles. The molecule has 0 unspecified atom stereocenters. The van der Waals surface area contributed by atoms with Crippen LogP contribution in [0.25, 0.3) is 0 Å². The molecule has 3 aliphatic heterocycles. The van der Waals surface area contributed by atoms with Crippen molar-refractivity contribution in [3.63, 3.8) is 0 Å². The van der Waals surface area contributed by atoms with E-state index in [-0.39, 0.29) is 5.54 Å². The highest BCUT2D eigenvalue weighted by atomic mass is 16.5. The fourth-order valence-electron chi connectivity index (χ4n) is 4.37. The maximum atomic E-state index is 13.0. The van der Waals surface area contributed by atoms with Crippen LogP contribution in [0, 0.1) is 5.92 Å². The SMILES string of the molecule is C=CCN1CCN(C)C2(CCN(CC3CCOCC3)CC2)C1=O. The Kier molecular flexibility index (Phi) is 5.39. The average Bonchev–Trinajstić information content (AvgIpc) is 2.58. The van der Waals surface area contributed by atoms with E-state index in [1.807, 2.05) is 11.0 Å². The molecule has 3 fully saturated rings. The van der Waals surface area contributed by atoms with Crippen molar-refractivity contribution < 1.29 is 9.53 Å². The highest BCUT2D eigenvalue weighted by molar-refractivity contribution is 5.87. The first-order chi connectivity index (χ1) is 11.2. The summed E-state index contributed by atoms with van der Waals surface area (Å²) in [6, 6.07) is 0. The van der Waals surface area contributed by atoms with Crippen LogP contribution in [0.5, 0.6) is 0 Å². The summed E-state index contributed by atoms with van der Waals surface area (Å²) in [5.41, 5.74) is -0.270. The van der Waals surface area contributed by atoms with E-state index in [0.717, 1.165) is 58.2 Å². The molecule has 3 saturated heterocycles. The fraction of sp³-hybridized carbons (Fsp3) is 0.833. The molecule has 0 saturated carbocycles. The number of carbonyl (C=O) groups excluding carboxylic acids is 1. The molecule has 0 aromatic rings. The van der Waals surface area contributed by atoms with Crippen molar-refractivity contribution in [1.82, 2.24) is 14.7 Å². The second-order valence-corrected chi connectivity index (χ2v) is 7.35. The van der Waals surface area contributed by atoms with Gasteiger partial charge in [-0.15, -0.1) is 6.58 Å². The zero-order chi connectivity index (χ0) is 16.3. The first kappa shape index (κ1) is 16.9. The number of piperidine rings is 1. The lowest BCUT2D eigenvalue weighted by atomic mass is 9.82. The van der Waals surface area contributed by atoms with E-state index in [9.17, 15) is 4.79 Å². The van der Waals surface area contributed by atoms with Gasteiger partial charge in [0.15, 0.2) is 0 Å². The number of carbonyl (C=O) groups is 1. The highest BCUT2D eigenvalue weighted by Crippen LogP contribution is 2.33. The van der Waals surface area contributed by atoms with Crippen LogP contribution in [0.1, 0.15) is 25.7 Å². The van der Waals surface area contributed by atoms with Gasteiger partial charge in [0.1, 0.15) is 5.54 Å². The zero-order valence-corrected chi connectivity index (χ0v) is 14.5. The van der Waals surface area contributed by atoms with Crippen LogP contribution < -0.4 is 0 Å². The Morgan fingerprint density at radius 2 is 1.91 bits per heavy atom. The number of ether oxygens (including phenoxy) is 1. The van der Waals surface area contributed by atoms with Gasteiger partial charge in [0.2, 0.25) is 5.91 Å². The van der Waals surface area contributed by atoms with Gasteiger partial charge in [-0.05, 0) is 38.6 Å². The largest absolute Gasteiger partial charge is 0.381 e. The molecule has 5 nitrogen and oxygen atoms in total. The summed E-state index contributed by atoms with van der Waals surface area (Å²) in [4.78, 5) is 19.9. The third-order valence-electron chi connectivity index (χ3n) is 6.01. The molecular weight excluding hydrogens is 290 g/mol. The van der Waals surface area contributed by atoms with Gasteiger partial charge in [0, 0.05) is 52.5 Å². The Morgan fingerprint density at radius 3 is 2.57 bits per heavy atom. The highest BCUT2D eigenvalue weighted by Gasteiger charge is 2.48. The standard InChI is InChI=1S/C18H31N3O2/c1-3-8-21-12-11-19(2)18(17(21)22)6-9-20(10-7-18)15-16-4-13-23-14-5-16/h3,16H,1,4-15H2,2H3. The molecule has 0 atom stereocenters. The topological polar surface area (TPSA) is 36.0 Å². The van der Waals surface area contributed by atoms with Gasteiger partial charge in [0.05, 0.1) is 0 Å². The quantitative estimate of drug-likeness (QED) is 0.729. The third kappa shape index (κ3) is 3.47. The predicted molar refractivity (Wildman–Crippen MR) is 91.4 cm³/mol. The number of piperazine rings is 1. The molecule has 0 bridgehead atoms. The van der Waals surface area contributed by atoms with Gasteiger partial charge < -0.3 is 14.5 Å². The number of likely N-dealkylation sites (tertiary alicyclic amines) is 1. The van der Waals surface area contributed by atoms with Crippen molar-refractivity contribution in [2.24, 2.45) is 5.92 Å². The van der Waals surface area contributed by atoms with E-state index in [2.05, 4.69) is 23.4 Å². The smallest absolute Gasteiger partial charge is 0.243 e. The second-order valence-electron chi connectivity index (χ2n) is 7.35. The molecule has 0 N–H and O–H groups in total. The van der Waals surface area contributed by atoms with Gasteiger partial charge in [-0.25, -0.2) is 0 Å². The number of amides is 1. The molecule has 130 valence electrons. The normalized spacial score (nSPS) is 27.5. The Bertz CT molecular complexity index is 426. The summed E-state index contributed by atoms with van der Waals surface area (Å²) in [5, 5.41) is 0. The van der Waals surface area contributed by atoms with Crippen LogP contribution in [0.4, 0.5) is 0 Å². The number of nitrogens with zero attached hydrogens (tertiary/aromatic N) is 3. The van der Waals surface area contributed by atoms with Crippen LogP contribution >= 0.6 is 0 Å². The van der Waals surface area contributed by atoms with Crippen LogP contribution in [0.3, 0.4) is 0 Å². The summed E-state index contributed by atoms with van der Waals surface area (Å²) >= 11 is 0. The van der Waals surface area contributed by atoms with Gasteiger partial charge in [-0.1, -0.05) is 6.08 Å². The Hall–Kier alpha value is -0.910. The lowest BCUT2D eigenvalue weighted by molar-refractivity contribution is -0.153. The summed E-state index contributed by atoms with van der Waals surface area (Å²) < 4.78 is 5.46. The minimum atomic E-state index is -0.270. The maximum absolute atomic E-state index is 13.0. The molecule has 0 radical (unpaired) electrons. The number of rotatable bonds is 4. The van der Waals surface area contributed by atoms with Crippen molar-refractivity contribution in [2.45, 2.75) is 31.2 Å². The first-order valence-electron chi connectivity index (χ1n) is 9.07. The van der Waals surface area contributed by atoms with Crippen molar-refractivity contribution >= 4 is 5.91 Å². The predicted octanol–water partition coefficient (Wildman–Crippen LogP) is 1.21. The molecule has 3 heterocycles. The van der Waals surface area contributed by atoms with Crippen LogP contribution in [-0.4, -0.2) is 85.7 Å². The molecule has 23 heavy (non-hydrogen) atoms. The fourth-order valence-corrected chi connectivity index (χ4v) is 4.37. The molecule has 3 aliphatic rings. The minimum absolute atomic E-state index is 0.270. The van der Waals surface area contributed by atoms with Crippen LogP contribution in [0.15, 0.2) is 12.7 Å². The minimum Gasteiger partial charge on any atom is -0.381 e. The molecular formula is C18H31N3O2. The molecule has 0 aromatic heterocycles. The Morgan fingerprint density at radius 1 is 1.22 bits per heavy atom. The van der Waals surface area contributed by atoms with Gasteiger partial charge >= 0.3 is 0 Å². The second kappa shape index (κ2) is 7.32. The van der Waals surface area contributed by atoms with Crippen LogP contribution in [-0.2, 0) is 9.53 Å². The van der Waals surface area contributed by atoms with E-state index in [1.54, 1.807) is 0 Å². The Labute approximate surface area is 140 Å². The zero-order valence-electron chi connectivity index (χ0n) is 14.5. The summed E-state index contributed by atoms with van der Waals surface area (Å²) in [7, 11) is 2.12. The van der Waals surface area contributed by atoms with E-state index in [0.29, 0.717) is 12.5 Å². The number of hydrogen-bond donors (Lipinski definition) is 0. The van der Waals surface area contributed by atoms with Gasteiger partial charge in [-0.3, -0.25) is 9.69 Å². The average molecular weight is 321 g/mol. The molecule has 1 spiro atoms. The maximum Gasteiger partial charge on any atom is 0.243 e. The summed E-state index contributed by atoms with van der Waals surface area (Å²) in [5.74, 6) is 1.09. The number of likely N-dealkylation sites (N-methyl/N-ethyl adjacent to an activating group) is 1. The van der Waals surface area contributed by atoms with Gasteiger partial charge in [0.25, 0.3) is 0 Å². The van der Waals surface area contributed by atoms with E-state index in [4.69, 9.17) is 4.74 Å². The summed E-state index contributed by atoms with van der Waals surface area (Å²) in [6.07, 6.45) is 6.14. The van der Waals surface area contributed by atoms with E-state index in [1.165, 1.54) is 19.4 Å². The molecule has 0 aromatic carbocycles. The monoisotopic (exact) mass is 321 g/mol. The van der Waals surface area contributed by atoms with E-state index < -0.39 is 0 Å². The van der Waals surface area contributed by atoms with Crippen molar-refractivity contribution in [3.8, 4) is 0 Å². The van der Waals surface area contributed by atoms with Crippen molar-refractivity contribution in [3.05, 3.63) is 12.7 Å². The van der Waals surface area contributed by atoms with Crippen molar-refractivity contribution in [2.75, 3.05) is 59.5 Å². The molecule has 1 amide bonds. The van der Waals surface area contributed by atoms with E-state index >= 15 is 0 Å². The van der Waals surface area contributed by atoms with Crippen molar-refractivity contribution in [1.29, 1.82) is 0 Å². The molecule has 5 heteroatoms. The first-order valence-corrected chi connectivity index (χ1v) is 9.07. The van der Waals surface area contributed by atoms with Crippen LogP contribution in [0.2, 0.25) is 0 Å². The molecule has 3 rings (SSSR count). The lowest BCUT2D eigenvalue weighted by Crippen LogP contribution is -2.67. The number of hydrogen-bond acceptors (Lipinski definition) is 4. The lowest BCUT2D eigenvalue weighted by Gasteiger charge is -2.51. The van der Waals surface area contributed by atoms with Gasteiger partial charge in [-0.2, -0.15) is 0 Å². The Balaban J connectivity index is 1.58.